The molecule has 0 fully saturated rings. The Kier molecular flexibility index (Phi) is 5.66. The van der Waals surface area contributed by atoms with E-state index in [1.165, 1.54) is 27.5 Å². The second-order valence-electron chi connectivity index (χ2n) is 5.58. The number of nitrogens with one attached hydrogen (secondary N) is 1. The van der Waals surface area contributed by atoms with Crippen LogP contribution in [-0.4, -0.2) is 44.0 Å². The van der Waals surface area contributed by atoms with E-state index < -0.39 is 6.10 Å². The standard InChI is InChI=1S/C18H18ClN3O5/c1-24-13-7-10(8-14(25-2)16(13)26-3)12-9-15(27-22-12)18(23)21-11-5-4-6-20-17(11)19/h4-8,15H,9H2,1-3H3,(H,21,23)/t15-/m1/s1. The van der Waals surface area contributed by atoms with E-state index in [-0.39, 0.29) is 17.5 Å². The average molecular weight is 392 g/mol. The van der Waals surface area contributed by atoms with E-state index in [2.05, 4.69) is 15.5 Å². The molecule has 3 rings (SSSR count). The molecule has 2 heterocycles. The highest BCUT2D eigenvalue weighted by atomic mass is 35.5. The number of oxime groups is 1. The Morgan fingerprint density at radius 1 is 1.22 bits per heavy atom. The molecule has 1 aliphatic heterocycles. The zero-order valence-electron chi connectivity index (χ0n) is 15.0. The summed E-state index contributed by atoms with van der Waals surface area (Å²) in [7, 11) is 4.59. The fraction of sp³-hybridized carbons (Fsp3) is 0.278. The van der Waals surface area contributed by atoms with Crippen molar-refractivity contribution >= 4 is 28.9 Å². The van der Waals surface area contributed by atoms with Gasteiger partial charge in [-0.3, -0.25) is 4.79 Å². The Labute approximate surface area is 161 Å². The molecule has 0 unspecified atom stereocenters. The third-order valence-corrected chi connectivity index (χ3v) is 4.28. The maximum atomic E-state index is 12.4. The number of aromatic nitrogens is 1. The molecule has 0 saturated heterocycles. The van der Waals surface area contributed by atoms with Crippen molar-refractivity contribution in [1.82, 2.24) is 4.98 Å². The van der Waals surface area contributed by atoms with Crippen LogP contribution in [0.5, 0.6) is 17.2 Å². The fourth-order valence-corrected chi connectivity index (χ4v) is 2.80. The van der Waals surface area contributed by atoms with Crippen LogP contribution in [-0.2, 0) is 9.63 Å². The molecule has 1 aromatic heterocycles. The van der Waals surface area contributed by atoms with Crippen LogP contribution in [0.25, 0.3) is 0 Å². The van der Waals surface area contributed by atoms with E-state index in [1.807, 2.05) is 0 Å². The van der Waals surface area contributed by atoms with Crippen molar-refractivity contribution in [1.29, 1.82) is 0 Å². The maximum Gasteiger partial charge on any atom is 0.268 e. The molecule has 1 N–H and O–H groups in total. The SMILES string of the molecule is COc1cc(C2=NO[C@@H](C(=O)Nc3cccnc3Cl)C2)cc(OC)c1OC. The number of carbonyl (C=O) groups excluding carboxylic acids is 1. The number of anilines is 1. The summed E-state index contributed by atoms with van der Waals surface area (Å²) in [5.41, 5.74) is 1.71. The smallest absolute Gasteiger partial charge is 0.268 e. The fourth-order valence-electron chi connectivity index (χ4n) is 2.63. The lowest BCUT2D eigenvalue weighted by atomic mass is 10.0. The zero-order valence-corrected chi connectivity index (χ0v) is 15.7. The van der Waals surface area contributed by atoms with Crippen molar-refractivity contribution in [2.24, 2.45) is 5.16 Å². The van der Waals surface area contributed by atoms with Gasteiger partial charge in [-0.1, -0.05) is 16.8 Å². The van der Waals surface area contributed by atoms with Gasteiger partial charge in [0.25, 0.3) is 5.91 Å². The van der Waals surface area contributed by atoms with E-state index in [0.29, 0.717) is 34.2 Å². The summed E-state index contributed by atoms with van der Waals surface area (Å²) < 4.78 is 16.0. The first-order chi connectivity index (χ1) is 13.1. The normalized spacial score (nSPS) is 15.6. The predicted octanol–water partition coefficient (Wildman–Crippen LogP) is 2.89. The van der Waals surface area contributed by atoms with E-state index in [1.54, 1.807) is 24.3 Å². The van der Waals surface area contributed by atoms with Crippen molar-refractivity contribution < 1.29 is 23.8 Å². The third-order valence-electron chi connectivity index (χ3n) is 3.98. The molecule has 1 aromatic carbocycles. The second kappa shape index (κ2) is 8.13. The molecule has 0 aliphatic carbocycles. The molecule has 0 radical (unpaired) electrons. The van der Waals surface area contributed by atoms with Gasteiger partial charge in [0.1, 0.15) is 0 Å². The molecule has 1 atom stereocenters. The Morgan fingerprint density at radius 2 is 1.93 bits per heavy atom. The molecule has 0 bridgehead atoms. The monoisotopic (exact) mass is 391 g/mol. The molecule has 27 heavy (non-hydrogen) atoms. The molecule has 8 nitrogen and oxygen atoms in total. The Morgan fingerprint density at radius 3 is 2.52 bits per heavy atom. The Balaban J connectivity index is 1.76. The summed E-state index contributed by atoms with van der Waals surface area (Å²) in [6, 6.07) is 6.83. The highest BCUT2D eigenvalue weighted by molar-refractivity contribution is 6.32. The first kappa shape index (κ1) is 18.8. The van der Waals surface area contributed by atoms with E-state index >= 15 is 0 Å². The second-order valence-corrected chi connectivity index (χ2v) is 5.94. The van der Waals surface area contributed by atoms with Gasteiger partial charge in [0.05, 0.1) is 32.7 Å². The molecular formula is C18H18ClN3O5. The number of nitrogens with zero attached hydrogens (tertiary/aromatic N) is 2. The summed E-state index contributed by atoms with van der Waals surface area (Å²) in [6.45, 7) is 0. The highest BCUT2D eigenvalue weighted by Crippen LogP contribution is 2.39. The number of hydrogen-bond acceptors (Lipinski definition) is 7. The van der Waals surface area contributed by atoms with Gasteiger partial charge in [0.2, 0.25) is 11.9 Å². The van der Waals surface area contributed by atoms with Crippen LogP contribution >= 0.6 is 11.6 Å². The number of halogens is 1. The Bertz CT molecular complexity index is 862. The minimum absolute atomic E-state index is 0.203. The molecular weight excluding hydrogens is 374 g/mol. The van der Waals surface area contributed by atoms with Gasteiger partial charge in [0, 0.05) is 18.2 Å². The molecule has 1 aliphatic rings. The number of methoxy groups -OCH3 is 3. The summed E-state index contributed by atoms with van der Waals surface area (Å²) in [5, 5.41) is 6.92. The zero-order chi connectivity index (χ0) is 19.4. The van der Waals surface area contributed by atoms with E-state index in [4.69, 9.17) is 30.6 Å². The van der Waals surface area contributed by atoms with Gasteiger partial charge >= 0.3 is 0 Å². The van der Waals surface area contributed by atoms with Crippen LogP contribution in [0, 0.1) is 0 Å². The molecule has 2 aromatic rings. The molecule has 142 valence electrons. The van der Waals surface area contributed by atoms with Gasteiger partial charge in [-0.15, -0.1) is 0 Å². The predicted molar refractivity (Wildman–Crippen MR) is 100 cm³/mol. The van der Waals surface area contributed by atoms with Crippen LogP contribution in [0.1, 0.15) is 12.0 Å². The third kappa shape index (κ3) is 3.90. The summed E-state index contributed by atoms with van der Waals surface area (Å²) in [5.74, 6) is 1.09. The first-order valence-corrected chi connectivity index (χ1v) is 8.39. The topological polar surface area (TPSA) is 91.3 Å². The van der Waals surface area contributed by atoms with Crippen molar-refractivity contribution in [2.45, 2.75) is 12.5 Å². The lowest BCUT2D eigenvalue weighted by Crippen LogP contribution is -2.28. The highest BCUT2D eigenvalue weighted by Gasteiger charge is 2.30. The number of ether oxygens (including phenoxy) is 3. The first-order valence-electron chi connectivity index (χ1n) is 8.01. The van der Waals surface area contributed by atoms with Crippen LogP contribution in [0.15, 0.2) is 35.6 Å². The summed E-state index contributed by atoms with van der Waals surface area (Å²) >= 11 is 5.96. The van der Waals surface area contributed by atoms with Gasteiger partial charge in [-0.25, -0.2) is 4.98 Å². The minimum Gasteiger partial charge on any atom is -0.493 e. The molecule has 9 heteroatoms. The lowest BCUT2D eigenvalue weighted by Gasteiger charge is -2.14. The number of carbonyl (C=O) groups is 1. The number of rotatable bonds is 6. The number of hydrogen-bond donors (Lipinski definition) is 1. The maximum absolute atomic E-state index is 12.4. The van der Waals surface area contributed by atoms with Crippen molar-refractivity contribution in [2.75, 3.05) is 26.6 Å². The van der Waals surface area contributed by atoms with Gasteiger partial charge in [-0.2, -0.15) is 0 Å². The molecule has 0 saturated carbocycles. The summed E-state index contributed by atoms with van der Waals surface area (Å²) in [6.07, 6.45) is 1.04. The van der Waals surface area contributed by atoms with Crippen molar-refractivity contribution in [3.63, 3.8) is 0 Å². The largest absolute Gasteiger partial charge is 0.493 e. The van der Waals surface area contributed by atoms with Crippen LogP contribution in [0.2, 0.25) is 5.15 Å². The number of amides is 1. The number of pyridine rings is 1. The quantitative estimate of drug-likeness (QED) is 0.761. The van der Waals surface area contributed by atoms with Crippen molar-refractivity contribution in [3.05, 3.63) is 41.2 Å². The summed E-state index contributed by atoms with van der Waals surface area (Å²) in [4.78, 5) is 21.6. The Hall–Kier alpha value is -3.00. The minimum atomic E-state index is -0.782. The van der Waals surface area contributed by atoms with Gasteiger partial charge < -0.3 is 24.4 Å². The van der Waals surface area contributed by atoms with Crippen molar-refractivity contribution in [3.8, 4) is 17.2 Å². The lowest BCUT2D eigenvalue weighted by molar-refractivity contribution is -0.125. The van der Waals surface area contributed by atoms with E-state index in [0.717, 1.165) is 0 Å². The van der Waals surface area contributed by atoms with E-state index in [9.17, 15) is 4.79 Å². The molecule has 1 amide bonds. The van der Waals surface area contributed by atoms with Crippen LogP contribution < -0.4 is 19.5 Å². The molecule has 0 spiro atoms. The van der Waals surface area contributed by atoms with Gasteiger partial charge in [-0.05, 0) is 24.3 Å². The average Bonchev–Trinajstić information content (AvgIpc) is 3.19. The van der Waals surface area contributed by atoms with Gasteiger partial charge in [0.15, 0.2) is 16.7 Å². The van der Waals surface area contributed by atoms with Crippen LogP contribution in [0.4, 0.5) is 5.69 Å². The van der Waals surface area contributed by atoms with Crippen LogP contribution in [0.3, 0.4) is 0 Å². The number of benzene rings is 1.